The van der Waals surface area contributed by atoms with Gasteiger partial charge in [0.15, 0.2) is 4.91 Å². The van der Waals surface area contributed by atoms with Crippen molar-refractivity contribution in [3.8, 4) is 6.07 Å². The molecule has 1 aromatic carbocycles. The molecule has 90 valence electrons. The van der Waals surface area contributed by atoms with Crippen LogP contribution >= 0.6 is 0 Å². The number of allylic oxidation sites excluding steroid dienone is 1. The minimum Gasteiger partial charge on any atom is -0.378 e. The highest BCUT2D eigenvalue weighted by Crippen LogP contribution is 2.15. The maximum absolute atomic E-state index is 11.0. The van der Waals surface area contributed by atoms with Crippen molar-refractivity contribution in [3.63, 3.8) is 0 Å². The van der Waals surface area contributed by atoms with Crippen molar-refractivity contribution in [3.05, 3.63) is 34.7 Å². The molecule has 2 N–H and O–H groups in total. The number of nitrogens with zero attached hydrogens (tertiary/aromatic N) is 2. The summed E-state index contributed by atoms with van der Waals surface area (Å²) in [6.45, 7) is 0. The van der Waals surface area contributed by atoms with Crippen LogP contribution in [0.15, 0.2) is 29.2 Å². The smallest absolute Gasteiger partial charge is 0.248 e. The molecule has 0 amide bonds. The fourth-order valence-electron chi connectivity index (χ4n) is 1.20. The topological polar surface area (TPSA) is 87.2 Å². The predicted octanol–water partition coefficient (Wildman–Crippen LogP) is 0.906. The lowest BCUT2D eigenvalue weighted by atomic mass is 10.2. The molecule has 0 spiro atoms. The summed E-state index contributed by atoms with van der Waals surface area (Å²) in [4.78, 5) is 1.47. The maximum atomic E-state index is 11.0. The first-order valence-corrected chi connectivity index (χ1v) is 6.31. The number of primary sulfonamides is 1. The van der Waals surface area contributed by atoms with Crippen LogP contribution in [0, 0.1) is 11.3 Å². The molecule has 0 fully saturated rings. The second kappa shape index (κ2) is 4.99. The Bertz CT molecular complexity index is 566. The molecule has 1 rings (SSSR count). The van der Waals surface area contributed by atoms with Gasteiger partial charge in [-0.3, -0.25) is 0 Å². The first-order chi connectivity index (χ1) is 7.84. The fraction of sp³-hybridized carbons (Fsp3) is 0.182. The minimum absolute atomic E-state index is 0.449. The van der Waals surface area contributed by atoms with Crippen molar-refractivity contribution in [2.45, 2.75) is 0 Å². The third-order valence-electron chi connectivity index (χ3n) is 2.12. The van der Waals surface area contributed by atoms with E-state index in [1.807, 2.05) is 31.1 Å². The molecule has 6 heteroatoms. The van der Waals surface area contributed by atoms with Crippen molar-refractivity contribution in [1.29, 1.82) is 5.26 Å². The van der Waals surface area contributed by atoms with Crippen LogP contribution in [-0.4, -0.2) is 22.5 Å². The van der Waals surface area contributed by atoms with Crippen molar-refractivity contribution < 1.29 is 8.42 Å². The zero-order valence-corrected chi connectivity index (χ0v) is 10.4. The van der Waals surface area contributed by atoms with Crippen molar-refractivity contribution >= 4 is 21.8 Å². The number of nitrogens with two attached hydrogens (primary N) is 1. The molecule has 0 saturated carbocycles. The van der Waals surface area contributed by atoms with Crippen LogP contribution in [0.1, 0.15) is 5.56 Å². The molecule has 0 unspecified atom stereocenters. The quantitative estimate of drug-likeness (QED) is 0.809. The third-order valence-corrected chi connectivity index (χ3v) is 2.95. The monoisotopic (exact) mass is 251 g/mol. The summed E-state index contributed by atoms with van der Waals surface area (Å²) >= 11 is 0. The van der Waals surface area contributed by atoms with E-state index in [1.54, 1.807) is 18.2 Å². The average Bonchev–Trinajstić information content (AvgIpc) is 2.24. The largest absolute Gasteiger partial charge is 0.378 e. The Labute approximate surface area is 101 Å². The van der Waals surface area contributed by atoms with Crippen LogP contribution < -0.4 is 10.0 Å². The average molecular weight is 251 g/mol. The summed E-state index contributed by atoms with van der Waals surface area (Å²) in [5, 5.41) is 13.6. The van der Waals surface area contributed by atoms with Crippen LogP contribution in [0.4, 0.5) is 5.69 Å². The second-order valence-corrected chi connectivity index (χ2v) is 5.18. The predicted molar refractivity (Wildman–Crippen MR) is 67.5 cm³/mol. The van der Waals surface area contributed by atoms with Gasteiger partial charge < -0.3 is 4.90 Å². The second-order valence-electron chi connectivity index (χ2n) is 3.65. The number of sulfonamides is 1. The van der Waals surface area contributed by atoms with Gasteiger partial charge >= 0.3 is 0 Å². The van der Waals surface area contributed by atoms with Crippen LogP contribution in [0.25, 0.3) is 6.08 Å². The Kier molecular flexibility index (Phi) is 3.89. The van der Waals surface area contributed by atoms with Crippen LogP contribution in [0.5, 0.6) is 0 Å². The summed E-state index contributed by atoms with van der Waals surface area (Å²) in [5.41, 5.74) is 1.59. The highest BCUT2D eigenvalue weighted by Gasteiger charge is 2.10. The van der Waals surface area contributed by atoms with E-state index in [2.05, 4.69) is 0 Å². The third kappa shape index (κ3) is 3.59. The SMILES string of the molecule is CN(C)c1ccc(/C=C(\C#N)S(N)(=O)=O)cc1. The Morgan fingerprint density at radius 1 is 1.35 bits per heavy atom. The lowest BCUT2D eigenvalue weighted by Gasteiger charge is -2.11. The molecule has 0 atom stereocenters. The summed E-state index contributed by atoms with van der Waals surface area (Å²) < 4.78 is 22.0. The van der Waals surface area contributed by atoms with Crippen molar-refractivity contribution in [2.24, 2.45) is 5.14 Å². The summed E-state index contributed by atoms with van der Waals surface area (Å²) in [6.07, 6.45) is 1.24. The molecule has 17 heavy (non-hydrogen) atoms. The molecule has 0 bridgehead atoms. The number of hydrogen-bond donors (Lipinski definition) is 1. The van der Waals surface area contributed by atoms with Gasteiger partial charge in [-0.1, -0.05) is 12.1 Å². The first kappa shape index (κ1) is 13.2. The normalized spacial score (nSPS) is 12.0. The number of nitriles is 1. The van der Waals surface area contributed by atoms with Gasteiger partial charge in [0.05, 0.1) is 0 Å². The summed E-state index contributed by atoms with van der Waals surface area (Å²) in [5.74, 6) is 0. The van der Waals surface area contributed by atoms with E-state index in [0.717, 1.165) is 5.69 Å². The van der Waals surface area contributed by atoms with Gasteiger partial charge in [0.25, 0.3) is 0 Å². The molecule has 0 aliphatic rings. The summed E-state index contributed by atoms with van der Waals surface area (Å²) in [6, 6.07) is 8.65. The Morgan fingerprint density at radius 2 is 1.88 bits per heavy atom. The molecule has 0 heterocycles. The molecule has 0 aliphatic carbocycles. The Hall–Kier alpha value is -1.84. The minimum atomic E-state index is -3.95. The van der Waals surface area contributed by atoms with E-state index in [1.165, 1.54) is 6.08 Å². The van der Waals surface area contributed by atoms with Gasteiger partial charge in [-0.15, -0.1) is 0 Å². The Morgan fingerprint density at radius 3 is 2.24 bits per heavy atom. The summed E-state index contributed by atoms with van der Waals surface area (Å²) in [7, 11) is -0.153. The van der Waals surface area contributed by atoms with Crippen molar-refractivity contribution in [1.82, 2.24) is 0 Å². The van der Waals surface area contributed by atoms with Crippen molar-refractivity contribution in [2.75, 3.05) is 19.0 Å². The number of hydrogen-bond acceptors (Lipinski definition) is 4. The molecule has 5 nitrogen and oxygen atoms in total. The number of anilines is 1. The highest BCUT2D eigenvalue weighted by molar-refractivity contribution is 7.93. The highest BCUT2D eigenvalue weighted by atomic mass is 32.2. The zero-order chi connectivity index (χ0) is 13.1. The van der Waals surface area contributed by atoms with E-state index in [0.29, 0.717) is 5.56 Å². The van der Waals surface area contributed by atoms with E-state index >= 15 is 0 Å². The molecule has 1 aromatic rings. The molecule has 0 saturated heterocycles. The number of benzene rings is 1. The molecule has 0 aromatic heterocycles. The van der Waals surface area contributed by atoms with E-state index in [-0.39, 0.29) is 0 Å². The van der Waals surface area contributed by atoms with Gasteiger partial charge in [-0.25, -0.2) is 13.6 Å². The molecule has 0 radical (unpaired) electrons. The van der Waals surface area contributed by atoms with Gasteiger partial charge in [0, 0.05) is 19.8 Å². The molecular formula is C11H13N3O2S. The van der Waals surface area contributed by atoms with E-state index in [9.17, 15) is 8.42 Å². The standard InChI is InChI=1S/C11H13N3O2S/c1-14(2)10-5-3-9(4-6-10)7-11(8-12)17(13,15)16/h3-7H,1-2H3,(H2,13,15,16)/b11-7+. The van der Waals surface area contributed by atoms with Crippen LogP contribution in [0.2, 0.25) is 0 Å². The van der Waals surface area contributed by atoms with Crippen LogP contribution in [0.3, 0.4) is 0 Å². The van der Waals surface area contributed by atoms with Crippen LogP contribution in [-0.2, 0) is 10.0 Å². The van der Waals surface area contributed by atoms with Gasteiger partial charge in [0.2, 0.25) is 10.0 Å². The maximum Gasteiger partial charge on any atom is 0.248 e. The lowest BCUT2D eigenvalue weighted by molar-refractivity contribution is 0.605. The lowest BCUT2D eigenvalue weighted by Crippen LogP contribution is -2.13. The van der Waals surface area contributed by atoms with E-state index in [4.69, 9.17) is 10.4 Å². The molecule has 0 aliphatic heterocycles. The molecular weight excluding hydrogens is 238 g/mol. The Balaban J connectivity index is 3.12. The van der Waals surface area contributed by atoms with E-state index < -0.39 is 14.9 Å². The fourth-order valence-corrected chi connectivity index (χ4v) is 1.63. The zero-order valence-electron chi connectivity index (χ0n) is 9.58. The van der Waals surface area contributed by atoms with Gasteiger partial charge in [0.1, 0.15) is 6.07 Å². The van der Waals surface area contributed by atoms with Gasteiger partial charge in [-0.2, -0.15) is 5.26 Å². The number of rotatable bonds is 3. The van der Waals surface area contributed by atoms with Gasteiger partial charge in [-0.05, 0) is 23.8 Å². The first-order valence-electron chi connectivity index (χ1n) is 4.76.